The fourth-order valence-electron chi connectivity index (χ4n) is 5.95. The van der Waals surface area contributed by atoms with Gasteiger partial charge in [0.15, 0.2) is 11.6 Å². The summed E-state index contributed by atoms with van der Waals surface area (Å²) in [5.41, 5.74) is 10.5. The molecule has 1 fully saturated rings. The van der Waals surface area contributed by atoms with E-state index in [2.05, 4.69) is 5.32 Å². The molecule has 0 saturated heterocycles. The Balaban J connectivity index is 1.78. The quantitative estimate of drug-likeness (QED) is 0.189. The SMILES string of the molecule is CN(C)[C@@H]1C(O)=C(C(N)=O)C(=O)C2C(=O)C3=C(O)c4c(ccc(NC(=O)CC(C)(C)N)c4O)CC3CC21. The minimum atomic E-state index is -1.32. The van der Waals surface area contributed by atoms with Crippen molar-refractivity contribution in [2.45, 2.75) is 44.7 Å². The van der Waals surface area contributed by atoms with Gasteiger partial charge in [-0.1, -0.05) is 6.07 Å². The minimum absolute atomic E-state index is 0.00351. The lowest BCUT2D eigenvalue weighted by atomic mass is 9.59. The van der Waals surface area contributed by atoms with E-state index < -0.39 is 75.6 Å². The fourth-order valence-corrected chi connectivity index (χ4v) is 5.95. The van der Waals surface area contributed by atoms with Crippen LogP contribution in [0.1, 0.15) is 37.8 Å². The molecule has 198 valence electrons. The molecular formula is C26H32N4O7. The first-order valence-corrected chi connectivity index (χ1v) is 12.0. The van der Waals surface area contributed by atoms with Crippen LogP contribution in [0.5, 0.6) is 5.75 Å². The number of benzene rings is 1. The molecule has 37 heavy (non-hydrogen) atoms. The molecular weight excluding hydrogens is 480 g/mol. The maximum Gasteiger partial charge on any atom is 0.255 e. The van der Waals surface area contributed by atoms with Gasteiger partial charge in [0.05, 0.1) is 23.2 Å². The van der Waals surface area contributed by atoms with Gasteiger partial charge in [-0.05, 0) is 64.3 Å². The Bertz CT molecular complexity index is 1290. The number of anilines is 1. The van der Waals surface area contributed by atoms with E-state index in [1.807, 2.05) is 0 Å². The van der Waals surface area contributed by atoms with Crippen LogP contribution in [0, 0.1) is 17.8 Å². The third-order valence-corrected chi connectivity index (χ3v) is 7.33. The van der Waals surface area contributed by atoms with Crippen LogP contribution in [0.25, 0.3) is 5.76 Å². The van der Waals surface area contributed by atoms with Gasteiger partial charge >= 0.3 is 0 Å². The van der Waals surface area contributed by atoms with E-state index in [9.17, 15) is 34.5 Å². The number of likely N-dealkylation sites (N-methyl/N-ethyl adjacent to an activating group) is 1. The first-order valence-electron chi connectivity index (χ1n) is 12.0. The number of phenols is 1. The van der Waals surface area contributed by atoms with Gasteiger partial charge in [-0.2, -0.15) is 0 Å². The Hall–Kier alpha value is -3.70. The van der Waals surface area contributed by atoms with Crippen LogP contribution >= 0.6 is 0 Å². The van der Waals surface area contributed by atoms with Crippen molar-refractivity contribution in [2.24, 2.45) is 29.2 Å². The molecule has 1 aromatic carbocycles. The molecule has 8 N–H and O–H groups in total. The zero-order valence-electron chi connectivity index (χ0n) is 21.2. The lowest BCUT2D eigenvalue weighted by molar-refractivity contribution is -0.136. The van der Waals surface area contributed by atoms with E-state index >= 15 is 0 Å². The van der Waals surface area contributed by atoms with Crippen LogP contribution in [-0.2, 0) is 25.6 Å². The number of hydrogen-bond donors (Lipinski definition) is 6. The second kappa shape index (κ2) is 9.00. The van der Waals surface area contributed by atoms with E-state index in [4.69, 9.17) is 11.5 Å². The molecule has 4 atom stereocenters. The number of nitrogens with one attached hydrogen (secondary N) is 1. The molecule has 1 aromatic rings. The number of aromatic hydroxyl groups is 1. The second-order valence-corrected chi connectivity index (χ2v) is 11.0. The first-order chi connectivity index (χ1) is 17.1. The Morgan fingerprint density at radius 1 is 1.14 bits per heavy atom. The van der Waals surface area contributed by atoms with E-state index in [1.165, 1.54) is 6.07 Å². The third-order valence-electron chi connectivity index (χ3n) is 7.33. The molecule has 0 aliphatic heterocycles. The number of aliphatic hydroxyl groups is 2. The van der Waals surface area contributed by atoms with Gasteiger partial charge in [0.1, 0.15) is 22.8 Å². The number of hydrogen-bond acceptors (Lipinski definition) is 9. The van der Waals surface area contributed by atoms with Crippen molar-refractivity contribution in [3.63, 3.8) is 0 Å². The number of amides is 2. The summed E-state index contributed by atoms with van der Waals surface area (Å²) in [6.45, 7) is 3.37. The smallest absolute Gasteiger partial charge is 0.255 e. The average Bonchev–Trinajstić information content (AvgIpc) is 2.73. The average molecular weight is 513 g/mol. The van der Waals surface area contributed by atoms with Crippen molar-refractivity contribution in [1.29, 1.82) is 0 Å². The zero-order valence-corrected chi connectivity index (χ0v) is 21.2. The standard InChI is InChI=1S/C26H32N4O7/c1-26(2,28)9-14(31)29-13-6-5-10-7-11-8-12-17(22(34)16(11)21(33)15(10)20(13)32)23(35)18(25(27)37)24(36)19(12)30(3)4/h5-6,11-12,17,19,32-33,36H,7-9,28H2,1-4H3,(H2,27,37)(H,29,31)/t11?,12?,17?,19-/m0/s1. The number of aliphatic hydroxyl groups excluding tert-OH is 2. The maximum atomic E-state index is 13.7. The van der Waals surface area contributed by atoms with Crippen LogP contribution in [0.15, 0.2) is 29.0 Å². The summed E-state index contributed by atoms with van der Waals surface area (Å²) in [7, 11) is 3.32. The van der Waals surface area contributed by atoms with Crippen molar-refractivity contribution >= 4 is 34.8 Å². The number of carbonyl (C=O) groups excluding carboxylic acids is 4. The summed E-state index contributed by atoms with van der Waals surface area (Å²) in [6, 6.07) is 2.37. The molecule has 0 aromatic heterocycles. The first kappa shape index (κ1) is 26.4. The molecule has 11 heteroatoms. The highest BCUT2D eigenvalue weighted by Crippen LogP contribution is 2.51. The molecule has 3 aliphatic carbocycles. The van der Waals surface area contributed by atoms with Crippen LogP contribution in [0.3, 0.4) is 0 Å². The molecule has 0 radical (unpaired) electrons. The highest BCUT2D eigenvalue weighted by molar-refractivity contribution is 6.28. The summed E-state index contributed by atoms with van der Waals surface area (Å²) < 4.78 is 0. The van der Waals surface area contributed by atoms with Crippen molar-refractivity contribution in [3.05, 3.63) is 40.2 Å². The van der Waals surface area contributed by atoms with Gasteiger partial charge < -0.3 is 32.1 Å². The third kappa shape index (κ3) is 4.38. The van der Waals surface area contributed by atoms with E-state index in [0.29, 0.717) is 5.56 Å². The van der Waals surface area contributed by atoms with E-state index in [0.717, 1.165) is 0 Å². The summed E-state index contributed by atoms with van der Waals surface area (Å²) >= 11 is 0. The van der Waals surface area contributed by atoms with Gasteiger partial charge in [0, 0.05) is 17.5 Å². The number of carbonyl (C=O) groups is 4. The highest BCUT2D eigenvalue weighted by Gasteiger charge is 2.55. The predicted octanol–water partition coefficient (Wildman–Crippen LogP) is 0.915. The molecule has 1 saturated carbocycles. The summed E-state index contributed by atoms with van der Waals surface area (Å²) in [5.74, 6) is -6.91. The Labute approximate surface area is 213 Å². The summed E-state index contributed by atoms with van der Waals surface area (Å²) in [5, 5.41) is 35.5. The van der Waals surface area contributed by atoms with Crippen LogP contribution in [0.4, 0.5) is 5.69 Å². The summed E-state index contributed by atoms with van der Waals surface area (Å²) in [6.07, 6.45) is 0.533. The zero-order chi connectivity index (χ0) is 27.6. The van der Waals surface area contributed by atoms with Crippen molar-refractivity contribution < 1.29 is 34.5 Å². The number of Topliss-reactive ketones (excluding diaryl/α,β-unsaturated/α-hetero) is 2. The highest BCUT2D eigenvalue weighted by atomic mass is 16.3. The number of nitrogens with zero attached hydrogens (tertiary/aromatic N) is 1. The molecule has 2 amide bonds. The Morgan fingerprint density at radius 3 is 2.35 bits per heavy atom. The number of nitrogens with two attached hydrogens (primary N) is 2. The van der Waals surface area contributed by atoms with Gasteiger partial charge in [-0.3, -0.25) is 24.1 Å². The number of phenolic OH excluding ortho intramolecular Hbond substituents is 1. The van der Waals surface area contributed by atoms with Crippen LogP contribution in [-0.4, -0.2) is 69.3 Å². The Kier molecular flexibility index (Phi) is 6.41. The molecule has 4 rings (SSSR count). The lowest BCUT2D eigenvalue weighted by Gasteiger charge is -2.46. The van der Waals surface area contributed by atoms with Gasteiger partial charge in [0.25, 0.3) is 5.91 Å². The summed E-state index contributed by atoms with van der Waals surface area (Å²) in [4.78, 5) is 52.9. The van der Waals surface area contributed by atoms with E-state index in [-0.39, 0.29) is 36.1 Å². The molecule has 3 unspecified atom stereocenters. The van der Waals surface area contributed by atoms with Gasteiger partial charge in [0.2, 0.25) is 5.91 Å². The minimum Gasteiger partial charge on any atom is -0.510 e. The Morgan fingerprint density at radius 2 is 1.78 bits per heavy atom. The van der Waals surface area contributed by atoms with E-state index in [1.54, 1.807) is 38.9 Å². The molecule has 0 bridgehead atoms. The van der Waals surface area contributed by atoms with Crippen LogP contribution < -0.4 is 16.8 Å². The predicted molar refractivity (Wildman–Crippen MR) is 134 cm³/mol. The molecule has 0 spiro atoms. The van der Waals surface area contributed by atoms with Gasteiger partial charge in [-0.25, -0.2) is 0 Å². The molecule has 11 nitrogen and oxygen atoms in total. The number of ketones is 2. The van der Waals surface area contributed by atoms with Crippen molar-refractivity contribution in [1.82, 2.24) is 4.90 Å². The second-order valence-electron chi connectivity index (χ2n) is 11.0. The van der Waals surface area contributed by atoms with Crippen molar-refractivity contribution in [2.75, 3.05) is 19.4 Å². The fraction of sp³-hybridized carbons (Fsp3) is 0.462. The molecule has 3 aliphatic rings. The number of primary amides is 1. The monoisotopic (exact) mass is 512 g/mol. The number of allylic oxidation sites excluding steroid dienone is 1. The molecule has 0 heterocycles. The topological polar surface area (TPSA) is 196 Å². The largest absolute Gasteiger partial charge is 0.510 e. The lowest BCUT2D eigenvalue weighted by Crippen LogP contribution is -2.55. The number of fused-ring (bicyclic) bond motifs is 3. The maximum absolute atomic E-state index is 13.7. The van der Waals surface area contributed by atoms with Gasteiger partial charge in [-0.15, -0.1) is 0 Å². The normalized spacial score (nSPS) is 25.6. The number of rotatable bonds is 5. The van der Waals surface area contributed by atoms with Crippen LogP contribution in [0.2, 0.25) is 0 Å². The van der Waals surface area contributed by atoms with Crippen molar-refractivity contribution in [3.8, 4) is 5.75 Å².